The summed E-state index contributed by atoms with van der Waals surface area (Å²) in [6.45, 7) is 1.01. The first kappa shape index (κ1) is 15.1. The number of nitrogens with zero attached hydrogens (tertiary/aromatic N) is 1. The van der Waals surface area contributed by atoms with Gasteiger partial charge in [0.1, 0.15) is 0 Å². The van der Waals surface area contributed by atoms with Crippen molar-refractivity contribution >= 4 is 23.2 Å². The van der Waals surface area contributed by atoms with Crippen LogP contribution in [0.25, 0.3) is 0 Å². The molecule has 0 radical (unpaired) electrons. The van der Waals surface area contributed by atoms with Crippen molar-refractivity contribution in [1.82, 2.24) is 15.6 Å². The summed E-state index contributed by atoms with van der Waals surface area (Å²) < 4.78 is 0. The number of carboxylic acids is 1. The topological polar surface area (TPSA) is 91.3 Å². The summed E-state index contributed by atoms with van der Waals surface area (Å²) in [5, 5.41) is 16.2. The number of benzene rings is 1. The fourth-order valence-electron chi connectivity index (χ4n) is 1.65. The van der Waals surface area contributed by atoms with Gasteiger partial charge in [0.25, 0.3) is 0 Å². The molecule has 1 heterocycles. The maximum absolute atomic E-state index is 11.6. The van der Waals surface area contributed by atoms with Gasteiger partial charge in [-0.3, -0.25) is 4.79 Å². The SMILES string of the molecule is O=C(CNCc1csc(C(=O)O)n1)NCc1ccccc1. The van der Waals surface area contributed by atoms with Crippen LogP contribution in [0.2, 0.25) is 0 Å². The third-order valence-corrected chi connectivity index (χ3v) is 3.54. The van der Waals surface area contributed by atoms with Crippen LogP contribution in [0.4, 0.5) is 0 Å². The molecule has 0 saturated heterocycles. The van der Waals surface area contributed by atoms with Crippen molar-refractivity contribution in [3.05, 3.63) is 52.0 Å². The second-order valence-corrected chi connectivity index (χ2v) is 5.17. The lowest BCUT2D eigenvalue weighted by atomic mass is 10.2. The lowest BCUT2D eigenvalue weighted by molar-refractivity contribution is -0.120. The molecule has 2 rings (SSSR count). The summed E-state index contributed by atoms with van der Waals surface area (Å²) in [4.78, 5) is 26.2. The highest BCUT2D eigenvalue weighted by Gasteiger charge is 2.08. The van der Waals surface area contributed by atoms with E-state index in [9.17, 15) is 9.59 Å². The van der Waals surface area contributed by atoms with E-state index in [0.29, 0.717) is 18.8 Å². The van der Waals surface area contributed by atoms with Crippen molar-refractivity contribution in [2.24, 2.45) is 0 Å². The molecule has 0 unspecified atom stereocenters. The van der Waals surface area contributed by atoms with Crippen molar-refractivity contribution in [2.75, 3.05) is 6.54 Å². The van der Waals surface area contributed by atoms with Gasteiger partial charge in [0.2, 0.25) is 10.9 Å². The Kier molecular flexibility index (Phi) is 5.42. The highest BCUT2D eigenvalue weighted by molar-refractivity contribution is 7.11. The van der Waals surface area contributed by atoms with E-state index in [4.69, 9.17) is 5.11 Å². The molecule has 7 heteroatoms. The summed E-state index contributed by atoms with van der Waals surface area (Å²) in [5.74, 6) is -1.15. The van der Waals surface area contributed by atoms with E-state index in [1.807, 2.05) is 30.3 Å². The first-order valence-electron chi connectivity index (χ1n) is 6.34. The Labute approximate surface area is 125 Å². The van der Waals surface area contributed by atoms with Gasteiger partial charge in [-0.25, -0.2) is 9.78 Å². The number of carbonyl (C=O) groups excluding carboxylic acids is 1. The number of nitrogens with one attached hydrogen (secondary N) is 2. The Hall–Kier alpha value is -2.25. The van der Waals surface area contributed by atoms with Crippen LogP contribution in [-0.2, 0) is 17.9 Å². The largest absolute Gasteiger partial charge is 0.476 e. The summed E-state index contributed by atoms with van der Waals surface area (Å²) in [5.41, 5.74) is 1.66. The standard InChI is InChI=1S/C14H15N3O3S/c18-12(16-6-10-4-2-1-3-5-10)8-15-7-11-9-21-13(17-11)14(19)20/h1-5,9,15H,6-8H2,(H,16,18)(H,19,20). The zero-order chi connectivity index (χ0) is 15.1. The van der Waals surface area contributed by atoms with Gasteiger partial charge in [-0.2, -0.15) is 0 Å². The van der Waals surface area contributed by atoms with E-state index in [-0.39, 0.29) is 17.5 Å². The monoisotopic (exact) mass is 305 g/mol. The molecule has 110 valence electrons. The van der Waals surface area contributed by atoms with Crippen LogP contribution < -0.4 is 10.6 Å². The minimum absolute atomic E-state index is 0.0559. The molecule has 6 nitrogen and oxygen atoms in total. The van der Waals surface area contributed by atoms with Crippen LogP contribution in [0.3, 0.4) is 0 Å². The molecule has 0 saturated carbocycles. The van der Waals surface area contributed by atoms with Crippen LogP contribution in [0.5, 0.6) is 0 Å². The summed E-state index contributed by atoms with van der Waals surface area (Å²) in [6.07, 6.45) is 0. The van der Waals surface area contributed by atoms with Crippen LogP contribution in [0, 0.1) is 0 Å². The van der Waals surface area contributed by atoms with Gasteiger partial charge in [0, 0.05) is 18.5 Å². The number of carboxylic acid groups (broad SMARTS) is 1. The second-order valence-electron chi connectivity index (χ2n) is 4.32. The Morgan fingerprint density at radius 2 is 1.95 bits per heavy atom. The van der Waals surface area contributed by atoms with E-state index < -0.39 is 5.97 Å². The highest BCUT2D eigenvalue weighted by atomic mass is 32.1. The summed E-state index contributed by atoms with van der Waals surface area (Å²) in [6, 6.07) is 9.64. The van der Waals surface area contributed by atoms with E-state index in [1.54, 1.807) is 5.38 Å². The van der Waals surface area contributed by atoms with Crippen LogP contribution >= 0.6 is 11.3 Å². The molecule has 0 aliphatic carbocycles. The first-order valence-corrected chi connectivity index (χ1v) is 7.22. The number of thiazole rings is 1. The van der Waals surface area contributed by atoms with Gasteiger partial charge in [-0.05, 0) is 5.56 Å². The number of hydrogen-bond acceptors (Lipinski definition) is 5. The molecule has 0 aliphatic heterocycles. The lowest BCUT2D eigenvalue weighted by Gasteiger charge is -2.06. The van der Waals surface area contributed by atoms with Gasteiger partial charge >= 0.3 is 5.97 Å². The number of rotatable bonds is 7. The maximum atomic E-state index is 11.6. The van der Waals surface area contributed by atoms with Crippen LogP contribution in [0.1, 0.15) is 21.1 Å². The molecule has 0 aliphatic rings. The number of aromatic nitrogens is 1. The van der Waals surface area contributed by atoms with Crippen molar-refractivity contribution in [2.45, 2.75) is 13.1 Å². The normalized spacial score (nSPS) is 10.3. The maximum Gasteiger partial charge on any atom is 0.365 e. The van der Waals surface area contributed by atoms with Crippen molar-refractivity contribution in [3.8, 4) is 0 Å². The third kappa shape index (κ3) is 4.97. The minimum Gasteiger partial charge on any atom is -0.476 e. The van der Waals surface area contributed by atoms with Crippen LogP contribution in [-0.4, -0.2) is 28.5 Å². The summed E-state index contributed by atoms with van der Waals surface area (Å²) in [7, 11) is 0. The number of carbonyl (C=O) groups is 2. The smallest absolute Gasteiger partial charge is 0.365 e. The fourth-order valence-corrected chi connectivity index (χ4v) is 2.30. The molecule has 0 spiro atoms. The molecule has 0 fully saturated rings. The molecular formula is C14H15N3O3S. The van der Waals surface area contributed by atoms with Crippen molar-refractivity contribution in [1.29, 1.82) is 0 Å². The Morgan fingerprint density at radius 3 is 2.62 bits per heavy atom. The fraction of sp³-hybridized carbons (Fsp3) is 0.214. The molecule has 1 aromatic heterocycles. The Morgan fingerprint density at radius 1 is 1.19 bits per heavy atom. The third-order valence-electron chi connectivity index (χ3n) is 2.66. The van der Waals surface area contributed by atoms with Gasteiger partial charge in [0.05, 0.1) is 12.2 Å². The van der Waals surface area contributed by atoms with Gasteiger partial charge in [-0.15, -0.1) is 11.3 Å². The Balaban J connectivity index is 1.68. The number of hydrogen-bond donors (Lipinski definition) is 3. The van der Waals surface area contributed by atoms with E-state index in [0.717, 1.165) is 16.9 Å². The lowest BCUT2D eigenvalue weighted by Crippen LogP contribution is -2.33. The second kappa shape index (κ2) is 7.51. The number of amides is 1. The van der Waals surface area contributed by atoms with E-state index in [1.165, 1.54) is 0 Å². The molecule has 1 aromatic carbocycles. The van der Waals surface area contributed by atoms with Crippen molar-refractivity contribution in [3.63, 3.8) is 0 Å². The molecule has 0 atom stereocenters. The predicted molar refractivity (Wildman–Crippen MR) is 79.1 cm³/mol. The average Bonchev–Trinajstić information content (AvgIpc) is 2.95. The van der Waals surface area contributed by atoms with Gasteiger partial charge in [0.15, 0.2) is 0 Å². The number of aromatic carboxylic acids is 1. The zero-order valence-corrected chi connectivity index (χ0v) is 12.0. The van der Waals surface area contributed by atoms with Crippen LogP contribution in [0.15, 0.2) is 35.7 Å². The summed E-state index contributed by atoms with van der Waals surface area (Å²) >= 11 is 1.07. The van der Waals surface area contributed by atoms with E-state index >= 15 is 0 Å². The van der Waals surface area contributed by atoms with E-state index in [2.05, 4.69) is 15.6 Å². The predicted octanol–water partition coefficient (Wildman–Crippen LogP) is 1.25. The Bertz CT molecular complexity index is 613. The first-order chi connectivity index (χ1) is 10.1. The highest BCUT2D eigenvalue weighted by Crippen LogP contribution is 2.08. The molecule has 2 aromatic rings. The average molecular weight is 305 g/mol. The van der Waals surface area contributed by atoms with Gasteiger partial charge in [-0.1, -0.05) is 30.3 Å². The quantitative estimate of drug-likeness (QED) is 0.716. The molecule has 3 N–H and O–H groups in total. The molecular weight excluding hydrogens is 290 g/mol. The zero-order valence-electron chi connectivity index (χ0n) is 11.2. The minimum atomic E-state index is -1.04. The molecule has 21 heavy (non-hydrogen) atoms. The van der Waals surface area contributed by atoms with Gasteiger partial charge < -0.3 is 15.7 Å². The molecule has 1 amide bonds. The van der Waals surface area contributed by atoms with Crippen molar-refractivity contribution < 1.29 is 14.7 Å². The molecule has 0 bridgehead atoms.